The van der Waals surface area contributed by atoms with Crippen molar-refractivity contribution in [1.29, 1.82) is 0 Å². The van der Waals surface area contributed by atoms with E-state index in [1.807, 2.05) is 18.2 Å². The van der Waals surface area contributed by atoms with Crippen LogP contribution in [0.15, 0.2) is 48.0 Å². The molecule has 4 rings (SSSR count). The van der Waals surface area contributed by atoms with E-state index in [1.165, 1.54) is 0 Å². The van der Waals surface area contributed by atoms with Crippen LogP contribution in [0.2, 0.25) is 0 Å². The topological polar surface area (TPSA) is 38.7 Å². The highest BCUT2D eigenvalue weighted by Gasteiger charge is 2.68. The molecule has 4 atom stereocenters. The summed E-state index contributed by atoms with van der Waals surface area (Å²) < 4.78 is 6.11. The molecule has 0 unspecified atom stereocenters. The number of benzene rings is 1. The minimum absolute atomic E-state index is 0.000748. The van der Waals surface area contributed by atoms with Crippen molar-refractivity contribution >= 4 is 11.7 Å². The van der Waals surface area contributed by atoms with Gasteiger partial charge >= 0.3 is 5.97 Å². The average molecular weight is 337 g/mol. The van der Waals surface area contributed by atoms with Crippen LogP contribution in [0.1, 0.15) is 45.6 Å². The van der Waals surface area contributed by atoms with E-state index in [1.54, 1.807) is 6.08 Å². The molecule has 0 amide bonds. The zero-order valence-corrected chi connectivity index (χ0v) is 15.4. The number of carbonyl (C=O) groups excluding carboxylic acids is 1. The Morgan fingerprint density at radius 3 is 2.68 bits per heavy atom. The molecule has 3 nitrogen and oxygen atoms in total. The van der Waals surface area contributed by atoms with Crippen molar-refractivity contribution in [2.45, 2.75) is 58.1 Å². The fourth-order valence-corrected chi connectivity index (χ4v) is 5.34. The molecule has 25 heavy (non-hydrogen) atoms. The first-order valence-corrected chi connectivity index (χ1v) is 9.30. The summed E-state index contributed by atoms with van der Waals surface area (Å²) in [6, 6.07) is 10.1. The lowest BCUT2D eigenvalue weighted by Crippen LogP contribution is -2.53. The van der Waals surface area contributed by atoms with Crippen molar-refractivity contribution in [1.82, 2.24) is 0 Å². The second kappa shape index (κ2) is 5.30. The van der Waals surface area contributed by atoms with Crippen LogP contribution in [0.4, 0.5) is 0 Å². The molecule has 0 saturated heterocycles. The van der Waals surface area contributed by atoms with E-state index in [4.69, 9.17) is 9.73 Å². The number of rotatable bonds is 4. The van der Waals surface area contributed by atoms with Gasteiger partial charge in [-0.2, -0.15) is 0 Å². The van der Waals surface area contributed by atoms with Crippen LogP contribution in [-0.2, 0) is 16.0 Å². The zero-order chi connectivity index (χ0) is 17.9. The number of nitrogens with zero attached hydrogens (tertiary/aromatic N) is 1. The second-order valence-corrected chi connectivity index (χ2v) is 8.74. The monoisotopic (exact) mass is 337 g/mol. The number of hydrogen-bond donors (Lipinski definition) is 0. The van der Waals surface area contributed by atoms with Crippen molar-refractivity contribution in [3.63, 3.8) is 0 Å². The van der Waals surface area contributed by atoms with E-state index in [2.05, 4.69) is 39.5 Å². The molecule has 1 aliphatic heterocycles. The lowest BCUT2D eigenvalue weighted by molar-refractivity contribution is -0.160. The van der Waals surface area contributed by atoms with Crippen LogP contribution in [0.25, 0.3) is 0 Å². The largest absolute Gasteiger partial charge is 0.454 e. The summed E-state index contributed by atoms with van der Waals surface area (Å²) in [5.41, 5.74) is 1.49. The smallest absolute Gasteiger partial charge is 0.335 e. The molecule has 1 aromatic carbocycles. The molecule has 1 heterocycles. The quantitative estimate of drug-likeness (QED) is 0.604. The zero-order valence-electron chi connectivity index (χ0n) is 15.4. The SMILES string of the molecule is C=CC[C@@]1(Cc2ccccc2)N=C2[C@H]3CC[C@@](C)([C@@H]2OC1=O)C3(C)C. The van der Waals surface area contributed by atoms with Gasteiger partial charge in [-0.3, -0.25) is 4.99 Å². The molecule has 2 saturated carbocycles. The van der Waals surface area contributed by atoms with Gasteiger partial charge in [0.2, 0.25) is 0 Å². The first kappa shape index (κ1) is 16.6. The molecule has 2 aliphatic carbocycles. The third kappa shape index (κ3) is 2.11. The minimum atomic E-state index is -0.855. The van der Waals surface area contributed by atoms with Crippen LogP contribution in [0.5, 0.6) is 0 Å². The Morgan fingerprint density at radius 1 is 1.28 bits per heavy atom. The Morgan fingerprint density at radius 2 is 2.00 bits per heavy atom. The molecule has 3 aliphatic rings. The lowest BCUT2D eigenvalue weighted by Gasteiger charge is -2.42. The summed E-state index contributed by atoms with van der Waals surface area (Å²) >= 11 is 0. The summed E-state index contributed by atoms with van der Waals surface area (Å²) in [6.45, 7) is 10.8. The normalized spacial score (nSPS) is 38.0. The van der Waals surface area contributed by atoms with Crippen LogP contribution in [0, 0.1) is 16.7 Å². The Bertz CT molecular complexity index is 751. The van der Waals surface area contributed by atoms with Gasteiger partial charge in [-0.15, -0.1) is 6.58 Å². The van der Waals surface area contributed by atoms with Crippen LogP contribution in [0.3, 0.4) is 0 Å². The third-order valence-electron chi connectivity index (χ3n) is 7.27. The van der Waals surface area contributed by atoms with Gasteiger partial charge in [0.25, 0.3) is 0 Å². The molecule has 3 heteroatoms. The van der Waals surface area contributed by atoms with Crippen LogP contribution in [-0.4, -0.2) is 23.3 Å². The number of hydrogen-bond acceptors (Lipinski definition) is 3. The molecule has 0 N–H and O–H groups in total. The Hall–Kier alpha value is -1.90. The Kier molecular flexibility index (Phi) is 3.51. The lowest BCUT2D eigenvalue weighted by atomic mass is 9.70. The molecule has 1 aromatic rings. The highest BCUT2D eigenvalue weighted by atomic mass is 16.6. The average Bonchev–Trinajstić information content (AvgIpc) is 2.89. The van der Waals surface area contributed by atoms with Crippen molar-refractivity contribution in [3.8, 4) is 0 Å². The van der Waals surface area contributed by atoms with Crippen molar-refractivity contribution in [2.75, 3.05) is 0 Å². The third-order valence-corrected chi connectivity index (χ3v) is 7.27. The molecular formula is C22H27NO2. The van der Waals surface area contributed by atoms with Crippen molar-refractivity contribution in [3.05, 3.63) is 48.6 Å². The molecule has 2 bridgehead atoms. The van der Waals surface area contributed by atoms with Gasteiger partial charge in [0, 0.05) is 24.2 Å². The first-order chi connectivity index (χ1) is 11.8. The van der Waals surface area contributed by atoms with E-state index in [0.717, 1.165) is 24.1 Å². The molecule has 2 fully saturated rings. The summed E-state index contributed by atoms with van der Waals surface area (Å²) in [7, 11) is 0. The van der Waals surface area contributed by atoms with Crippen LogP contribution < -0.4 is 0 Å². The van der Waals surface area contributed by atoms with Gasteiger partial charge in [-0.25, -0.2) is 4.79 Å². The van der Waals surface area contributed by atoms with E-state index in [0.29, 0.717) is 18.8 Å². The van der Waals surface area contributed by atoms with E-state index < -0.39 is 5.54 Å². The predicted octanol–water partition coefficient (Wildman–Crippen LogP) is 4.37. The molecule has 0 spiro atoms. The van der Waals surface area contributed by atoms with Gasteiger partial charge in [0.15, 0.2) is 5.54 Å². The van der Waals surface area contributed by atoms with Crippen LogP contribution >= 0.6 is 0 Å². The summed E-state index contributed by atoms with van der Waals surface area (Å²) in [4.78, 5) is 18.2. The Labute approximate surface area is 150 Å². The van der Waals surface area contributed by atoms with E-state index in [9.17, 15) is 4.79 Å². The van der Waals surface area contributed by atoms with Gasteiger partial charge in [-0.05, 0) is 23.8 Å². The predicted molar refractivity (Wildman–Crippen MR) is 99.6 cm³/mol. The van der Waals surface area contributed by atoms with Gasteiger partial charge in [0.05, 0.1) is 5.71 Å². The number of ether oxygens (including phenoxy) is 1. The first-order valence-electron chi connectivity index (χ1n) is 9.30. The van der Waals surface area contributed by atoms with Crippen molar-refractivity contribution in [2.24, 2.45) is 21.7 Å². The van der Waals surface area contributed by atoms with E-state index in [-0.39, 0.29) is 22.9 Å². The highest BCUT2D eigenvalue weighted by molar-refractivity contribution is 6.02. The van der Waals surface area contributed by atoms with Gasteiger partial charge in [0.1, 0.15) is 6.10 Å². The molecule has 132 valence electrons. The molecular weight excluding hydrogens is 310 g/mol. The summed E-state index contributed by atoms with van der Waals surface area (Å²) in [5, 5.41) is 0. The number of esters is 1. The summed E-state index contributed by atoms with van der Waals surface area (Å²) in [6.07, 6.45) is 4.98. The van der Waals surface area contributed by atoms with Gasteiger partial charge in [-0.1, -0.05) is 57.2 Å². The van der Waals surface area contributed by atoms with Gasteiger partial charge < -0.3 is 4.74 Å². The maximum Gasteiger partial charge on any atom is 0.335 e. The molecule has 0 radical (unpaired) electrons. The second-order valence-electron chi connectivity index (χ2n) is 8.74. The maximum atomic E-state index is 13.1. The fraction of sp³-hybridized carbons (Fsp3) is 0.545. The number of aliphatic imine (C=N–C) groups is 1. The maximum absolute atomic E-state index is 13.1. The number of carbonyl (C=O) groups is 1. The molecule has 0 aromatic heterocycles. The number of fused-ring (bicyclic) bond motifs is 5. The minimum Gasteiger partial charge on any atom is -0.454 e. The standard InChI is InChI=1S/C22H27NO2/c1-5-12-22(14-15-9-7-6-8-10-15)19(24)25-18-17(23-22)16-11-13-21(18,4)20(16,2)3/h5-10,16,18H,1,11-14H2,2-4H3/t16-,18-,21+,22+/m1/s1. The van der Waals surface area contributed by atoms with E-state index >= 15 is 0 Å². The van der Waals surface area contributed by atoms with Crippen molar-refractivity contribution < 1.29 is 9.53 Å². The summed E-state index contributed by atoms with van der Waals surface area (Å²) in [5.74, 6) is 0.227. The highest BCUT2D eigenvalue weighted by Crippen LogP contribution is 2.66. The Balaban J connectivity index is 1.79. The fourth-order valence-electron chi connectivity index (χ4n) is 5.34.